The zero-order chi connectivity index (χ0) is 15.3. The first kappa shape index (κ1) is 15.3. The van der Waals surface area contributed by atoms with Crippen molar-refractivity contribution < 1.29 is 5.11 Å². The van der Waals surface area contributed by atoms with Crippen molar-refractivity contribution in [1.29, 1.82) is 0 Å². The van der Waals surface area contributed by atoms with E-state index in [-0.39, 0.29) is 12.0 Å². The third-order valence-corrected chi connectivity index (χ3v) is 7.37. The Hall–Kier alpha value is -0.560. The van der Waals surface area contributed by atoms with Crippen LogP contribution in [0.3, 0.4) is 0 Å². The van der Waals surface area contributed by atoms with Crippen molar-refractivity contribution in [3.8, 4) is 0 Å². The largest absolute Gasteiger partial charge is 0.395 e. The van der Waals surface area contributed by atoms with Crippen LogP contribution < -0.4 is 0 Å². The second kappa shape index (κ2) is 4.98. The highest BCUT2D eigenvalue weighted by atomic mass is 16.3. The van der Waals surface area contributed by atoms with Gasteiger partial charge in [0, 0.05) is 5.41 Å². The van der Waals surface area contributed by atoms with Crippen LogP contribution in [0.2, 0.25) is 0 Å². The van der Waals surface area contributed by atoms with Gasteiger partial charge in [-0.2, -0.15) is 0 Å². The molecule has 3 rings (SSSR count). The van der Waals surface area contributed by atoms with Gasteiger partial charge in [-0.1, -0.05) is 44.9 Å². The molecule has 1 N–H and O–H groups in total. The average molecular weight is 288 g/mol. The summed E-state index contributed by atoms with van der Waals surface area (Å²) in [4.78, 5) is 0. The van der Waals surface area contributed by atoms with E-state index >= 15 is 0 Å². The summed E-state index contributed by atoms with van der Waals surface area (Å²) in [6.45, 7) is 11.8. The second-order valence-electron chi connectivity index (χ2n) is 8.91. The number of aliphatic hydroxyl groups excluding tert-OH is 1. The van der Waals surface area contributed by atoms with Gasteiger partial charge in [0.1, 0.15) is 0 Å². The van der Waals surface area contributed by atoms with Crippen LogP contribution in [0.5, 0.6) is 0 Å². The third kappa shape index (κ3) is 2.23. The minimum atomic E-state index is -0.0459. The quantitative estimate of drug-likeness (QED) is 0.700. The molecule has 21 heavy (non-hydrogen) atoms. The summed E-state index contributed by atoms with van der Waals surface area (Å²) in [5, 5.41) is 9.81. The summed E-state index contributed by atoms with van der Waals surface area (Å²) in [6, 6.07) is 0. The molecule has 2 saturated carbocycles. The molecule has 0 radical (unpaired) electrons. The Bertz CT molecular complexity index is 460. The molecule has 0 spiro atoms. The van der Waals surface area contributed by atoms with Gasteiger partial charge in [0.05, 0.1) is 6.61 Å². The van der Waals surface area contributed by atoms with Crippen LogP contribution in [0.1, 0.15) is 65.7 Å². The smallest absolute Gasteiger partial charge is 0.0524 e. The van der Waals surface area contributed by atoms with E-state index in [0.29, 0.717) is 10.8 Å². The van der Waals surface area contributed by atoms with E-state index in [1.807, 2.05) is 6.08 Å². The summed E-state index contributed by atoms with van der Waals surface area (Å²) in [6.07, 6.45) is 13.4. The second-order valence-corrected chi connectivity index (χ2v) is 8.91. The molecule has 118 valence electrons. The van der Waals surface area contributed by atoms with Crippen LogP contribution in [0.4, 0.5) is 0 Å². The van der Waals surface area contributed by atoms with Gasteiger partial charge in [-0.15, -0.1) is 6.58 Å². The number of hydrogen-bond donors (Lipinski definition) is 1. The average Bonchev–Trinajstić information content (AvgIpc) is 2.45. The highest BCUT2D eigenvalue weighted by molar-refractivity contribution is 5.25. The molecular formula is C20H32O. The standard InChI is InChI=1S/C20H32O/c1-5-20(14-21)12-9-16-15(13-20)7-8-17-18(2,3)10-6-11-19(16,17)4/h5,7,16-17,21H,1,6,8-14H2,2-4H3. The van der Waals surface area contributed by atoms with Crippen LogP contribution in [0, 0.1) is 28.1 Å². The number of aliphatic hydroxyl groups is 1. The molecule has 0 aromatic rings. The summed E-state index contributed by atoms with van der Waals surface area (Å²) in [5.74, 6) is 1.58. The van der Waals surface area contributed by atoms with Crippen LogP contribution in [-0.4, -0.2) is 11.7 Å². The maximum atomic E-state index is 9.81. The van der Waals surface area contributed by atoms with Crippen LogP contribution >= 0.6 is 0 Å². The van der Waals surface area contributed by atoms with E-state index in [9.17, 15) is 5.11 Å². The number of rotatable bonds is 2. The Labute approximate surface area is 130 Å². The van der Waals surface area contributed by atoms with E-state index < -0.39 is 0 Å². The van der Waals surface area contributed by atoms with Gasteiger partial charge >= 0.3 is 0 Å². The minimum Gasteiger partial charge on any atom is -0.395 e. The molecule has 0 amide bonds. The van der Waals surface area contributed by atoms with Crippen LogP contribution in [-0.2, 0) is 0 Å². The lowest BCUT2D eigenvalue weighted by Crippen LogP contribution is -2.50. The lowest BCUT2D eigenvalue weighted by molar-refractivity contribution is -0.0524. The molecule has 1 heteroatoms. The molecule has 0 aromatic carbocycles. The topological polar surface area (TPSA) is 20.2 Å². The molecule has 3 aliphatic rings. The van der Waals surface area contributed by atoms with Gasteiger partial charge in [-0.3, -0.25) is 0 Å². The van der Waals surface area contributed by atoms with Gasteiger partial charge < -0.3 is 5.11 Å². The Morgan fingerprint density at radius 3 is 2.71 bits per heavy atom. The first-order valence-electron chi connectivity index (χ1n) is 8.80. The molecule has 3 aliphatic carbocycles. The number of hydrogen-bond acceptors (Lipinski definition) is 1. The van der Waals surface area contributed by atoms with Gasteiger partial charge in [-0.05, 0) is 61.2 Å². The molecular weight excluding hydrogens is 256 g/mol. The van der Waals surface area contributed by atoms with Crippen molar-refractivity contribution in [1.82, 2.24) is 0 Å². The summed E-state index contributed by atoms with van der Waals surface area (Å²) in [5.41, 5.74) is 2.55. The van der Waals surface area contributed by atoms with E-state index in [0.717, 1.165) is 24.7 Å². The Kier molecular flexibility index (Phi) is 3.64. The van der Waals surface area contributed by atoms with E-state index in [1.165, 1.54) is 32.1 Å². The van der Waals surface area contributed by atoms with Crippen LogP contribution in [0.25, 0.3) is 0 Å². The highest BCUT2D eigenvalue weighted by Crippen LogP contribution is 2.63. The van der Waals surface area contributed by atoms with Crippen molar-refractivity contribution in [2.24, 2.45) is 28.1 Å². The molecule has 0 bridgehead atoms. The molecule has 0 aliphatic heterocycles. The maximum absolute atomic E-state index is 9.81. The number of allylic oxidation sites excluding steroid dienone is 2. The fraction of sp³-hybridized carbons (Fsp3) is 0.800. The zero-order valence-electron chi connectivity index (χ0n) is 14.1. The summed E-state index contributed by atoms with van der Waals surface area (Å²) < 4.78 is 0. The Balaban J connectivity index is 1.93. The fourth-order valence-corrected chi connectivity index (χ4v) is 6.02. The van der Waals surface area contributed by atoms with Crippen molar-refractivity contribution >= 4 is 0 Å². The molecule has 0 heterocycles. The van der Waals surface area contributed by atoms with E-state index in [1.54, 1.807) is 5.57 Å². The van der Waals surface area contributed by atoms with Crippen molar-refractivity contribution in [2.45, 2.75) is 65.7 Å². The van der Waals surface area contributed by atoms with Gasteiger partial charge in [0.2, 0.25) is 0 Å². The predicted octanol–water partition coefficient (Wildman–Crippen LogP) is 5.11. The van der Waals surface area contributed by atoms with E-state index in [2.05, 4.69) is 33.4 Å². The first-order valence-corrected chi connectivity index (χ1v) is 8.80. The lowest BCUT2D eigenvalue weighted by atomic mass is 9.46. The first-order chi connectivity index (χ1) is 9.87. The summed E-state index contributed by atoms with van der Waals surface area (Å²) in [7, 11) is 0. The highest BCUT2D eigenvalue weighted by Gasteiger charge is 2.54. The van der Waals surface area contributed by atoms with Crippen molar-refractivity contribution in [2.75, 3.05) is 6.61 Å². The third-order valence-electron chi connectivity index (χ3n) is 7.37. The predicted molar refractivity (Wildman–Crippen MR) is 89.0 cm³/mol. The Morgan fingerprint density at radius 1 is 1.29 bits per heavy atom. The van der Waals surface area contributed by atoms with E-state index in [4.69, 9.17) is 0 Å². The summed E-state index contributed by atoms with van der Waals surface area (Å²) >= 11 is 0. The zero-order valence-corrected chi connectivity index (χ0v) is 14.1. The molecule has 2 fully saturated rings. The monoisotopic (exact) mass is 288 g/mol. The van der Waals surface area contributed by atoms with Gasteiger partial charge in [-0.25, -0.2) is 0 Å². The number of fused-ring (bicyclic) bond motifs is 3. The van der Waals surface area contributed by atoms with Gasteiger partial charge in [0.25, 0.3) is 0 Å². The minimum absolute atomic E-state index is 0.0459. The fourth-order valence-electron chi connectivity index (χ4n) is 6.02. The van der Waals surface area contributed by atoms with Crippen molar-refractivity contribution in [3.05, 3.63) is 24.3 Å². The molecule has 1 nitrogen and oxygen atoms in total. The Morgan fingerprint density at radius 2 is 2.05 bits per heavy atom. The molecule has 0 aromatic heterocycles. The SMILES string of the molecule is C=CC1(CO)CCC2C(=CCC3C(C)(C)CCCC23C)C1. The molecule has 4 unspecified atom stereocenters. The van der Waals surface area contributed by atoms with Gasteiger partial charge in [0.15, 0.2) is 0 Å². The van der Waals surface area contributed by atoms with Crippen molar-refractivity contribution in [3.63, 3.8) is 0 Å². The molecule has 4 atom stereocenters. The maximum Gasteiger partial charge on any atom is 0.0524 e. The van der Waals surface area contributed by atoms with Crippen LogP contribution in [0.15, 0.2) is 24.3 Å². The normalized spacial score (nSPS) is 45.2. The lowest BCUT2D eigenvalue weighted by Gasteiger charge is -2.59. The molecule has 0 saturated heterocycles.